The first-order chi connectivity index (χ1) is 9.01. The monoisotopic (exact) mass is 347 g/mol. The third kappa shape index (κ3) is 3.13. The number of nitrogens with zero attached hydrogens (tertiary/aromatic N) is 2. The molecule has 0 spiro atoms. The Hall–Kier alpha value is -1.41. The van der Waals surface area contributed by atoms with E-state index in [2.05, 4.69) is 25.9 Å². The zero-order valence-electron chi connectivity index (χ0n) is 9.65. The molecule has 0 atom stereocenters. The summed E-state index contributed by atoms with van der Waals surface area (Å²) in [6.07, 6.45) is 1.45. The first-order valence-corrected chi connectivity index (χ1v) is 6.61. The standard InChI is InChI=1S/C11H8BrF2N3OS/c1-18-10-6(12)4-16-11(17-10)19-9-7(13)2-5(15)3-8(9)14/h2-4H,15H2,1H3. The minimum absolute atomic E-state index is 0.0219. The van der Waals surface area contributed by atoms with Crippen LogP contribution in [0.15, 0.2) is 32.9 Å². The maximum atomic E-state index is 13.6. The summed E-state index contributed by atoms with van der Waals surface area (Å²) in [5, 5.41) is 0.169. The van der Waals surface area contributed by atoms with E-state index >= 15 is 0 Å². The maximum absolute atomic E-state index is 13.6. The minimum atomic E-state index is -0.756. The smallest absolute Gasteiger partial charge is 0.231 e. The fourth-order valence-corrected chi connectivity index (χ4v) is 2.38. The van der Waals surface area contributed by atoms with Crippen molar-refractivity contribution in [3.63, 3.8) is 0 Å². The van der Waals surface area contributed by atoms with Crippen LogP contribution in [0.2, 0.25) is 0 Å². The second-order valence-corrected chi connectivity index (χ2v) is 5.26. The van der Waals surface area contributed by atoms with E-state index < -0.39 is 11.6 Å². The minimum Gasteiger partial charge on any atom is -0.480 e. The van der Waals surface area contributed by atoms with Gasteiger partial charge in [-0.3, -0.25) is 0 Å². The summed E-state index contributed by atoms with van der Waals surface area (Å²) in [5.74, 6) is -1.23. The fraction of sp³-hybridized carbons (Fsp3) is 0.0909. The first kappa shape index (κ1) is 14.0. The van der Waals surface area contributed by atoms with E-state index in [0.717, 1.165) is 23.9 Å². The molecule has 0 aliphatic rings. The SMILES string of the molecule is COc1nc(Sc2c(F)cc(N)cc2F)ncc1Br. The van der Waals surface area contributed by atoms with Gasteiger partial charge in [0.05, 0.1) is 16.5 Å². The van der Waals surface area contributed by atoms with Gasteiger partial charge in [0.15, 0.2) is 5.16 Å². The third-order valence-corrected chi connectivity index (χ3v) is 3.61. The van der Waals surface area contributed by atoms with Gasteiger partial charge in [-0.15, -0.1) is 0 Å². The highest BCUT2D eigenvalue weighted by molar-refractivity contribution is 9.10. The Labute approximate surface area is 120 Å². The van der Waals surface area contributed by atoms with Crippen molar-refractivity contribution in [2.75, 3.05) is 12.8 Å². The zero-order chi connectivity index (χ0) is 14.0. The van der Waals surface area contributed by atoms with Gasteiger partial charge in [0.25, 0.3) is 0 Å². The number of rotatable bonds is 3. The van der Waals surface area contributed by atoms with Crippen molar-refractivity contribution in [3.05, 3.63) is 34.4 Å². The van der Waals surface area contributed by atoms with Gasteiger partial charge in [-0.2, -0.15) is 4.98 Å². The van der Waals surface area contributed by atoms with Gasteiger partial charge in [0, 0.05) is 11.9 Å². The van der Waals surface area contributed by atoms with Crippen LogP contribution in [0.3, 0.4) is 0 Å². The van der Waals surface area contributed by atoms with Crippen molar-refractivity contribution in [3.8, 4) is 5.88 Å². The second kappa shape index (κ2) is 5.70. The predicted molar refractivity (Wildman–Crippen MR) is 71.2 cm³/mol. The Kier molecular flexibility index (Phi) is 4.20. The van der Waals surface area contributed by atoms with Crippen LogP contribution in [0.4, 0.5) is 14.5 Å². The molecule has 0 fully saturated rings. The average Bonchev–Trinajstić information content (AvgIpc) is 2.35. The van der Waals surface area contributed by atoms with Crippen LogP contribution < -0.4 is 10.5 Å². The molecule has 0 saturated heterocycles. The van der Waals surface area contributed by atoms with E-state index in [4.69, 9.17) is 10.5 Å². The van der Waals surface area contributed by atoms with E-state index in [1.165, 1.54) is 13.3 Å². The number of anilines is 1. The number of nitrogen functional groups attached to an aromatic ring is 1. The first-order valence-electron chi connectivity index (χ1n) is 5.00. The van der Waals surface area contributed by atoms with Crippen LogP contribution in [-0.4, -0.2) is 17.1 Å². The Balaban J connectivity index is 2.36. The van der Waals surface area contributed by atoms with E-state index in [1.807, 2.05) is 0 Å². The van der Waals surface area contributed by atoms with Gasteiger partial charge in [-0.25, -0.2) is 13.8 Å². The number of benzene rings is 1. The largest absolute Gasteiger partial charge is 0.480 e. The van der Waals surface area contributed by atoms with Gasteiger partial charge in [0.2, 0.25) is 5.88 Å². The number of methoxy groups -OCH3 is 1. The molecule has 0 radical (unpaired) electrons. The molecule has 0 aliphatic carbocycles. The van der Waals surface area contributed by atoms with Crippen molar-refractivity contribution >= 4 is 33.4 Å². The molecule has 8 heteroatoms. The summed E-state index contributed by atoms with van der Waals surface area (Å²) < 4.78 is 32.8. The van der Waals surface area contributed by atoms with E-state index in [1.54, 1.807) is 0 Å². The summed E-state index contributed by atoms with van der Waals surface area (Å²) in [4.78, 5) is 7.75. The number of hydrogen-bond donors (Lipinski definition) is 1. The van der Waals surface area contributed by atoms with Crippen molar-refractivity contribution in [1.82, 2.24) is 9.97 Å². The zero-order valence-corrected chi connectivity index (χ0v) is 12.1. The molecule has 4 nitrogen and oxygen atoms in total. The molecular weight excluding hydrogens is 340 g/mol. The van der Waals surface area contributed by atoms with Crippen molar-refractivity contribution in [2.24, 2.45) is 0 Å². The Bertz CT molecular complexity index is 604. The van der Waals surface area contributed by atoms with Crippen molar-refractivity contribution in [2.45, 2.75) is 10.1 Å². The highest BCUT2D eigenvalue weighted by Gasteiger charge is 2.15. The van der Waals surface area contributed by atoms with Crippen LogP contribution in [-0.2, 0) is 0 Å². The molecule has 2 N–H and O–H groups in total. The van der Waals surface area contributed by atoms with Crippen LogP contribution >= 0.6 is 27.7 Å². The summed E-state index contributed by atoms with van der Waals surface area (Å²) >= 11 is 3.95. The number of ether oxygens (including phenoxy) is 1. The van der Waals surface area contributed by atoms with Crippen LogP contribution in [0.1, 0.15) is 0 Å². The van der Waals surface area contributed by atoms with E-state index in [0.29, 0.717) is 4.47 Å². The van der Waals surface area contributed by atoms with Gasteiger partial charge in [-0.05, 0) is 39.8 Å². The second-order valence-electron chi connectivity index (χ2n) is 3.43. The normalized spacial score (nSPS) is 10.5. The Morgan fingerprint density at radius 2 is 1.95 bits per heavy atom. The third-order valence-electron chi connectivity index (χ3n) is 2.10. The molecule has 0 bridgehead atoms. The van der Waals surface area contributed by atoms with E-state index in [9.17, 15) is 8.78 Å². The highest BCUT2D eigenvalue weighted by atomic mass is 79.9. The van der Waals surface area contributed by atoms with Crippen LogP contribution in [0, 0.1) is 11.6 Å². The molecule has 19 heavy (non-hydrogen) atoms. The molecule has 2 rings (SSSR count). The molecule has 0 unspecified atom stereocenters. The fourth-order valence-electron chi connectivity index (χ4n) is 1.30. The summed E-state index contributed by atoms with van der Waals surface area (Å²) in [7, 11) is 1.44. The van der Waals surface area contributed by atoms with E-state index in [-0.39, 0.29) is 21.6 Å². The molecule has 1 aromatic heterocycles. The summed E-state index contributed by atoms with van der Waals surface area (Å²) in [6, 6.07) is 2.09. The van der Waals surface area contributed by atoms with Crippen LogP contribution in [0.5, 0.6) is 5.88 Å². The maximum Gasteiger partial charge on any atom is 0.231 e. The van der Waals surface area contributed by atoms with Gasteiger partial charge < -0.3 is 10.5 Å². The van der Waals surface area contributed by atoms with Gasteiger partial charge >= 0.3 is 0 Å². The lowest BCUT2D eigenvalue weighted by atomic mass is 10.3. The molecule has 0 amide bonds. The van der Waals surface area contributed by atoms with Crippen molar-refractivity contribution in [1.29, 1.82) is 0 Å². The Morgan fingerprint density at radius 1 is 1.32 bits per heavy atom. The molecule has 0 saturated carbocycles. The molecule has 1 heterocycles. The molecule has 1 aromatic carbocycles. The lowest BCUT2D eigenvalue weighted by Crippen LogP contribution is -1.96. The molecule has 100 valence electrons. The Morgan fingerprint density at radius 3 is 2.53 bits per heavy atom. The number of hydrogen-bond acceptors (Lipinski definition) is 5. The lowest BCUT2D eigenvalue weighted by molar-refractivity contribution is 0.389. The molecule has 2 aromatic rings. The quantitative estimate of drug-likeness (QED) is 0.682. The number of aromatic nitrogens is 2. The lowest BCUT2D eigenvalue weighted by Gasteiger charge is -2.06. The average molecular weight is 348 g/mol. The number of halogens is 3. The van der Waals surface area contributed by atoms with Crippen LogP contribution in [0.25, 0.3) is 0 Å². The predicted octanol–water partition coefficient (Wildman–Crippen LogP) is 3.26. The topological polar surface area (TPSA) is 61.0 Å². The number of nitrogens with two attached hydrogens (primary N) is 1. The van der Waals surface area contributed by atoms with Crippen molar-refractivity contribution < 1.29 is 13.5 Å². The summed E-state index contributed by atoms with van der Waals surface area (Å²) in [5.41, 5.74) is 5.36. The molecule has 0 aliphatic heterocycles. The highest BCUT2D eigenvalue weighted by Crippen LogP contribution is 2.33. The summed E-state index contributed by atoms with van der Waals surface area (Å²) in [6.45, 7) is 0. The van der Waals surface area contributed by atoms with Gasteiger partial charge in [-0.1, -0.05) is 0 Å². The molecular formula is C11H8BrF2N3OS. The van der Waals surface area contributed by atoms with Gasteiger partial charge in [0.1, 0.15) is 11.6 Å².